The van der Waals surface area contributed by atoms with Crippen LogP contribution in [-0.4, -0.2) is 55.8 Å². The molecule has 0 unspecified atom stereocenters. The third-order valence-corrected chi connectivity index (χ3v) is 3.05. The van der Waals surface area contributed by atoms with E-state index >= 15 is 0 Å². The van der Waals surface area contributed by atoms with Crippen molar-refractivity contribution in [3.8, 4) is 0 Å². The van der Waals surface area contributed by atoms with Crippen molar-refractivity contribution in [2.45, 2.75) is 25.4 Å². The molecule has 0 aromatic rings. The van der Waals surface area contributed by atoms with Crippen molar-refractivity contribution in [2.24, 2.45) is 5.92 Å². The topological polar surface area (TPSA) is 35.6 Å². The van der Waals surface area contributed by atoms with Gasteiger partial charge < -0.3 is 5.32 Å². The average molecular weight is 267 g/mol. The molecule has 0 radical (unpaired) electrons. The highest BCUT2D eigenvalue weighted by Crippen LogP contribution is 2.18. The van der Waals surface area contributed by atoms with Crippen molar-refractivity contribution in [1.29, 1.82) is 0 Å². The lowest BCUT2D eigenvalue weighted by Gasteiger charge is -2.29. The number of nitrogens with one attached hydrogen (secondary N) is 1. The van der Waals surface area contributed by atoms with Gasteiger partial charge in [-0.15, -0.1) is 0 Å². The summed E-state index contributed by atoms with van der Waals surface area (Å²) in [4.78, 5) is 11.7. The van der Waals surface area contributed by atoms with Crippen molar-refractivity contribution in [3.05, 3.63) is 0 Å². The number of halogens is 3. The normalized spacial score (nSPS) is 22.9. The van der Waals surface area contributed by atoms with Crippen LogP contribution in [0.2, 0.25) is 0 Å². The summed E-state index contributed by atoms with van der Waals surface area (Å²) in [5, 5.41) is 5.85. The first-order valence-corrected chi connectivity index (χ1v) is 6.06. The Kier molecular flexibility index (Phi) is 5.40. The van der Waals surface area contributed by atoms with Crippen LogP contribution in [0.25, 0.3) is 0 Å². The molecule has 1 aliphatic rings. The molecule has 1 heterocycles. The molecule has 1 saturated heterocycles. The number of hydrazine groups is 1. The Bertz CT molecular complexity index is 281. The molecule has 0 spiro atoms. The predicted molar refractivity (Wildman–Crippen MR) is 61.7 cm³/mol. The second-order valence-electron chi connectivity index (χ2n) is 4.79. The number of rotatable bonds is 3. The zero-order valence-electron chi connectivity index (χ0n) is 10.8. The summed E-state index contributed by atoms with van der Waals surface area (Å²) in [6, 6.07) is 0. The van der Waals surface area contributed by atoms with Gasteiger partial charge in [0.05, 0.1) is 5.92 Å². The van der Waals surface area contributed by atoms with E-state index in [1.807, 2.05) is 29.4 Å². The third-order valence-electron chi connectivity index (χ3n) is 3.05. The number of carbonyl (C=O) groups is 1. The molecule has 1 fully saturated rings. The first-order chi connectivity index (χ1) is 8.29. The summed E-state index contributed by atoms with van der Waals surface area (Å²) < 4.78 is 36.1. The SMILES string of the molecule is CN(C)N1CCCC[C@@H](C(=O)NCC(F)(F)F)C1. The number of amides is 1. The molecule has 0 aromatic heterocycles. The summed E-state index contributed by atoms with van der Waals surface area (Å²) in [5.41, 5.74) is 0. The molecule has 1 aliphatic heterocycles. The van der Waals surface area contributed by atoms with Crippen LogP contribution in [0, 0.1) is 5.92 Å². The van der Waals surface area contributed by atoms with Gasteiger partial charge in [-0.25, -0.2) is 10.0 Å². The maximum absolute atomic E-state index is 12.0. The van der Waals surface area contributed by atoms with E-state index in [9.17, 15) is 18.0 Å². The van der Waals surface area contributed by atoms with Crippen molar-refractivity contribution >= 4 is 5.91 Å². The van der Waals surface area contributed by atoms with Crippen molar-refractivity contribution in [1.82, 2.24) is 15.3 Å². The average Bonchev–Trinajstić information content (AvgIpc) is 2.50. The Morgan fingerprint density at radius 2 is 2.06 bits per heavy atom. The lowest BCUT2D eigenvalue weighted by Crippen LogP contribution is -2.45. The van der Waals surface area contributed by atoms with E-state index in [1.54, 1.807) is 0 Å². The monoisotopic (exact) mass is 267 g/mol. The van der Waals surface area contributed by atoms with Crippen molar-refractivity contribution in [3.63, 3.8) is 0 Å². The lowest BCUT2D eigenvalue weighted by molar-refractivity contribution is -0.141. The molecule has 1 amide bonds. The van der Waals surface area contributed by atoms with E-state index in [-0.39, 0.29) is 5.92 Å². The van der Waals surface area contributed by atoms with Gasteiger partial charge in [-0.05, 0) is 12.8 Å². The summed E-state index contributed by atoms with van der Waals surface area (Å²) in [6.45, 7) is 0.0804. The summed E-state index contributed by atoms with van der Waals surface area (Å²) in [7, 11) is 3.74. The Labute approximate surface area is 105 Å². The molecule has 1 rings (SSSR count). The Balaban J connectivity index is 2.50. The molecule has 0 saturated carbocycles. The van der Waals surface area contributed by atoms with E-state index in [1.165, 1.54) is 0 Å². The first kappa shape index (κ1) is 15.2. The Morgan fingerprint density at radius 1 is 1.39 bits per heavy atom. The van der Waals surface area contributed by atoms with E-state index in [2.05, 4.69) is 0 Å². The van der Waals surface area contributed by atoms with Crippen LogP contribution in [0.4, 0.5) is 13.2 Å². The molecule has 18 heavy (non-hydrogen) atoms. The molecule has 1 N–H and O–H groups in total. The second kappa shape index (κ2) is 6.38. The summed E-state index contributed by atoms with van der Waals surface area (Å²) >= 11 is 0. The minimum atomic E-state index is -4.35. The third kappa shape index (κ3) is 5.22. The molecular weight excluding hydrogens is 247 g/mol. The van der Waals surface area contributed by atoms with Gasteiger partial charge >= 0.3 is 6.18 Å². The lowest BCUT2D eigenvalue weighted by atomic mass is 10.0. The van der Waals surface area contributed by atoms with Crippen LogP contribution in [0.3, 0.4) is 0 Å². The van der Waals surface area contributed by atoms with Crippen LogP contribution in [0.1, 0.15) is 19.3 Å². The maximum atomic E-state index is 12.0. The van der Waals surface area contributed by atoms with E-state index in [4.69, 9.17) is 0 Å². The van der Waals surface area contributed by atoms with Gasteiger partial charge in [0.25, 0.3) is 0 Å². The van der Waals surface area contributed by atoms with Crippen molar-refractivity contribution < 1.29 is 18.0 Å². The summed E-state index contributed by atoms with van der Waals surface area (Å²) in [5.74, 6) is -0.863. The number of carbonyl (C=O) groups excluding carboxylic acids is 1. The fraction of sp³-hybridized carbons (Fsp3) is 0.909. The quantitative estimate of drug-likeness (QED) is 0.836. The minimum absolute atomic E-state index is 0.364. The predicted octanol–water partition coefficient (Wildman–Crippen LogP) is 1.24. The number of alkyl halides is 3. The molecular formula is C11H20F3N3O. The highest BCUT2D eigenvalue weighted by atomic mass is 19.4. The van der Waals surface area contributed by atoms with Crippen LogP contribution >= 0.6 is 0 Å². The van der Waals surface area contributed by atoms with Crippen LogP contribution < -0.4 is 5.32 Å². The molecule has 0 aromatic carbocycles. The molecule has 106 valence electrons. The molecule has 7 heteroatoms. The van der Waals surface area contributed by atoms with Gasteiger partial charge in [-0.1, -0.05) is 6.42 Å². The van der Waals surface area contributed by atoms with Crippen LogP contribution in [-0.2, 0) is 4.79 Å². The number of hydrogen-bond donors (Lipinski definition) is 1. The van der Waals surface area contributed by atoms with Gasteiger partial charge in [0.1, 0.15) is 6.54 Å². The highest BCUT2D eigenvalue weighted by molar-refractivity contribution is 5.78. The maximum Gasteiger partial charge on any atom is 0.405 e. The van der Waals surface area contributed by atoms with Crippen LogP contribution in [0.5, 0.6) is 0 Å². The van der Waals surface area contributed by atoms with Crippen molar-refractivity contribution in [2.75, 3.05) is 33.7 Å². The fourth-order valence-electron chi connectivity index (χ4n) is 2.03. The standard InChI is InChI=1S/C11H20F3N3O/c1-16(2)17-6-4-3-5-9(7-17)10(18)15-8-11(12,13)14/h9H,3-8H2,1-2H3,(H,15,18)/t9-/m1/s1. The minimum Gasteiger partial charge on any atom is -0.347 e. The van der Waals surface area contributed by atoms with Crippen LogP contribution in [0.15, 0.2) is 0 Å². The zero-order chi connectivity index (χ0) is 13.8. The van der Waals surface area contributed by atoms with Gasteiger partial charge in [-0.3, -0.25) is 4.79 Å². The van der Waals surface area contributed by atoms with E-state index in [0.717, 1.165) is 19.4 Å². The zero-order valence-corrected chi connectivity index (χ0v) is 10.8. The van der Waals surface area contributed by atoms with Gasteiger partial charge in [0.15, 0.2) is 0 Å². The van der Waals surface area contributed by atoms with Gasteiger partial charge in [-0.2, -0.15) is 13.2 Å². The molecule has 0 aliphatic carbocycles. The Hall–Kier alpha value is -0.820. The fourth-order valence-corrected chi connectivity index (χ4v) is 2.03. The Morgan fingerprint density at radius 3 is 2.61 bits per heavy atom. The smallest absolute Gasteiger partial charge is 0.347 e. The number of hydrogen-bond acceptors (Lipinski definition) is 3. The van der Waals surface area contributed by atoms with Gasteiger partial charge in [0.2, 0.25) is 5.91 Å². The molecule has 0 bridgehead atoms. The summed E-state index contributed by atoms with van der Waals surface area (Å²) in [6.07, 6.45) is -1.87. The first-order valence-electron chi connectivity index (χ1n) is 6.06. The van der Waals surface area contributed by atoms with E-state index in [0.29, 0.717) is 13.0 Å². The molecule has 4 nitrogen and oxygen atoms in total. The second-order valence-corrected chi connectivity index (χ2v) is 4.79. The highest BCUT2D eigenvalue weighted by Gasteiger charge is 2.31. The number of nitrogens with zero attached hydrogens (tertiary/aromatic N) is 2. The van der Waals surface area contributed by atoms with E-state index < -0.39 is 18.6 Å². The largest absolute Gasteiger partial charge is 0.405 e. The molecule has 1 atom stereocenters. The van der Waals surface area contributed by atoms with Gasteiger partial charge in [0, 0.05) is 27.2 Å².